The van der Waals surface area contributed by atoms with Crippen molar-refractivity contribution in [3.63, 3.8) is 0 Å². The Hall–Kier alpha value is -0.860. The number of likely N-dealkylation sites (N-methyl/N-ethyl adjacent to an activating group) is 1. The second-order valence-electron chi connectivity index (χ2n) is 5.05. The van der Waals surface area contributed by atoms with Crippen LogP contribution in [-0.2, 0) is 0 Å². The Morgan fingerprint density at radius 1 is 1.44 bits per heavy atom. The predicted molar refractivity (Wildman–Crippen MR) is 68.6 cm³/mol. The van der Waals surface area contributed by atoms with E-state index in [4.69, 9.17) is 0 Å². The minimum Gasteiger partial charge on any atom is -0.306 e. The molecule has 0 amide bonds. The van der Waals surface area contributed by atoms with E-state index in [-0.39, 0.29) is 0 Å². The van der Waals surface area contributed by atoms with Crippen LogP contribution in [0.2, 0.25) is 0 Å². The fraction of sp³-hybridized carbons (Fsp3) is 0.571. The Bertz CT molecular complexity index is 348. The Kier molecular flexibility index (Phi) is 3.62. The zero-order valence-electron chi connectivity index (χ0n) is 10.5. The van der Waals surface area contributed by atoms with Crippen molar-refractivity contribution in [1.29, 1.82) is 0 Å². The van der Waals surface area contributed by atoms with E-state index in [1.807, 2.05) is 0 Å². The van der Waals surface area contributed by atoms with Gasteiger partial charge in [-0.2, -0.15) is 0 Å². The van der Waals surface area contributed by atoms with Crippen LogP contribution in [0.5, 0.6) is 0 Å². The molecule has 2 rings (SSSR count). The van der Waals surface area contributed by atoms with Crippen molar-refractivity contribution < 1.29 is 0 Å². The monoisotopic (exact) mass is 218 g/mol. The quantitative estimate of drug-likeness (QED) is 0.838. The third-order valence-electron chi connectivity index (χ3n) is 3.42. The highest BCUT2D eigenvalue weighted by molar-refractivity contribution is 5.24. The maximum absolute atomic E-state index is 3.71. The number of benzene rings is 1. The van der Waals surface area contributed by atoms with Crippen LogP contribution >= 0.6 is 0 Å². The van der Waals surface area contributed by atoms with Gasteiger partial charge in [-0.15, -0.1) is 0 Å². The van der Waals surface area contributed by atoms with Gasteiger partial charge in [-0.25, -0.2) is 0 Å². The van der Waals surface area contributed by atoms with Gasteiger partial charge in [0.1, 0.15) is 0 Å². The van der Waals surface area contributed by atoms with E-state index in [0.717, 1.165) is 0 Å². The molecule has 2 heteroatoms. The van der Waals surface area contributed by atoms with Crippen molar-refractivity contribution in [2.75, 3.05) is 20.1 Å². The number of rotatable bonds is 3. The zero-order chi connectivity index (χ0) is 11.5. The summed E-state index contributed by atoms with van der Waals surface area (Å²) in [6.07, 6.45) is 1.27. The van der Waals surface area contributed by atoms with Crippen LogP contribution in [0.1, 0.15) is 30.5 Å². The second kappa shape index (κ2) is 4.98. The normalized spacial score (nSPS) is 23.6. The summed E-state index contributed by atoms with van der Waals surface area (Å²) in [5.41, 5.74) is 2.74. The van der Waals surface area contributed by atoms with Gasteiger partial charge in [0.2, 0.25) is 0 Å². The van der Waals surface area contributed by atoms with Gasteiger partial charge in [0.25, 0.3) is 0 Å². The van der Waals surface area contributed by atoms with Gasteiger partial charge in [0, 0.05) is 18.6 Å². The van der Waals surface area contributed by atoms with E-state index in [2.05, 4.69) is 55.4 Å². The molecule has 2 nitrogen and oxygen atoms in total. The lowest BCUT2D eigenvalue weighted by atomic mass is 10.0. The van der Waals surface area contributed by atoms with Crippen molar-refractivity contribution in [3.8, 4) is 0 Å². The number of aryl methyl sites for hydroxylation is 1. The molecule has 16 heavy (non-hydrogen) atoms. The third kappa shape index (κ3) is 2.83. The Morgan fingerprint density at radius 3 is 2.88 bits per heavy atom. The van der Waals surface area contributed by atoms with Crippen LogP contribution in [0, 0.1) is 6.92 Å². The Labute approximate surface area is 98.7 Å². The van der Waals surface area contributed by atoms with Gasteiger partial charge in [-0.05, 0) is 39.4 Å². The standard InChI is InChI=1S/C14H22N2/c1-11-5-4-6-13(9-11)12(2)15-14-7-8-16(3)10-14/h4-6,9,12,14-15H,7-8,10H2,1-3H3/t12-,14?/m1/s1. The summed E-state index contributed by atoms with van der Waals surface area (Å²) in [5, 5.41) is 3.71. The molecule has 1 aliphatic heterocycles. The maximum Gasteiger partial charge on any atom is 0.0294 e. The predicted octanol–water partition coefficient (Wildman–Crippen LogP) is 2.35. The lowest BCUT2D eigenvalue weighted by molar-refractivity contribution is 0.387. The average Bonchev–Trinajstić information content (AvgIpc) is 2.64. The molecule has 1 aromatic rings. The molecule has 88 valence electrons. The first-order valence-electron chi connectivity index (χ1n) is 6.16. The van der Waals surface area contributed by atoms with E-state index < -0.39 is 0 Å². The highest BCUT2D eigenvalue weighted by Gasteiger charge is 2.20. The van der Waals surface area contributed by atoms with Crippen LogP contribution in [0.3, 0.4) is 0 Å². The summed E-state index contributed by atoms with van der Waals surface area (Å²) in [7, 11) is 2.19. The molecule has 1 aromatic carbocycles. The van der Waals surface area contributed by atoms with E-state index >= 15 is 0 Å². The molecule has 1 aliphatic rings. The number of nitrogens with zero attached hydrogens (tertiary/aromatic N) is 1. The highest BCUT2D eigenvalue weighted by atomic mass is 15.2. The SMILES string of the molecule is Cc1cccc([C@@H](C)NC2CCN(C)C2)c1. The Morgan fingerprint density at radius 2 is 2.25 bits per heavy atom. The van der Waals surface area contributed by atoms with Crippen LogP contribution in [0.25, 0.3) is 0 Å². The molecular weight excluding hydrogens is 196 g/mol. The fourth-order valence-electron chi connectivity index (χ4n) is 2.46. The minimum atomic E-state index is 0.455. The second-order valence-corrected chi connectivity index (χ2v) is 5.05. The lowest BCUT2D eigenvalue weighted by Crippen LogP contribution is -2.33. The molecule has 1 fully saturated rings. The van der Waals surface area contributed by atoms with E-state index in [0.29, 0.717) is 12.1 Å². The van der Waals surface area contributed by atoms with Gasteiger partial charge in [-0.3, -0.25) is 0 Å². The highest BCUT2D eigenvalue weighted by Crippen LogP contribution is 2.17. The van der Waals surface area contributed by atoms with Crippen LogP contribution < -0.4 is 5.32 Å². The number of likely N-dealkylation sites (tertiary alicyclic amines) is 1. The molecular formula is C14H22N2. The van der Waals surface area contributed by atoms with Gasteiger partial charge >= 0.3 is 0 Å². The largest absolute Gasteiger partial charge is 0.306 e. The molecule has 0 saturated carbocycles. The topological polar surface area (TPSA) is 15.3 Å². The van der Waals surface area contributed by atoms with Crippen molar-refractivity contribution in [2.24, 2.45) is 0 Å². The van der Waals surface area contributed by atoms with Gasteiger partial charge < -0.3 is 10.2 Å². The van der Waals surface area contributed by atoms with Crippen molar-refractivity contribution >= 4 is 0 Å². The molecule has 1 unspecified atom stereocenters. The molecule has 1 heterocycles. The molecule has 0 aromatic heterocycles. The van der Waals surface area contributed by atoms with E-state index in [9.17, 15) is 0 Å². The molecule has 0 aliphatic carbocycles. The minimum absolute atomic E-state index is 0.455. The average molecular weight is 218 g/mol. The van der Waals surface area contributed by atoms with Crippen LogP contribution in [0.4, 0.5) is 0 Å². The number of hydrogen-bond donors (Lipinski definition) is 1. The maximum atomic E-state index is 3.71. The van der Waals surface area contributed by atoms with Crippen molar-refractivity contribution in [1.82, 2.24) is 10.2 Å². The van der Waals surface area contributed by atoms with Crippen LogP contribution in [-0.4, -0.2) is 31.1 Å². The molecule has 0 spiro atoms. The molecule has 0 bridgehead atoms. The molecule has 1 N–H and O–H groups in total. The fourth-order valence-corrected chi connectivity index (χ4v) is 2.46. The summed E-state index contributed by atoms with van der Waals surface area (Å²) in [5.74, 6) is 0. The van der Waals surface area contributed by atoms with Gasteiger partial charge in [0.05, 0.1) is 0 Å². The van der Waals surface area contributed by atoms with Gasteiger partial charge in [-0.1, -0.05) is 29.8 Å². The van der Waals surface area contributed by atoms with Crippen LogP contribution in [0.15, 0.2) is 24.3 Å². The van der Waals surface area contributed by atoms with E-state index in [1.165, 1.54) is 30.6 Å². The molecule has 2 atom stereocenters. The summed E-state index contributed by atoms with van der Waals surface area (Å²) in [6, 6.07) is 9.89. The number of nitrogens with one attached hydrogen (secondary N) is 1. The van der Waals surface area contributed by atoms with Gasteiger partial charge in [0.15, 0.2) is 0 Å². The first-order valence-corrected chi connectivity index (χ1v) is 6.16. The third-order valence-corrected chi connectivity index (χ3v) is 3.42. The van der Waals surface area contributed by atoms with Crippen molar-refractivity contribution in [2.45, 2.75) is 32.4 Å². The summed E-state index contributed by atoms with van der Waals surface area (Å²) >= 11 is 0. The zero-order valence-corrected chi connectivity index (χ0v) is 10.5. The summed E-state index contributed by atoms with van der Waals surface area (Å²) in [4.78, 5) is 2.39. The molecule has 0 radical (unpaired) electrons. The first-order chi connectivity index (χ1) is 7.65. The summed E-state index contributed by atoms with van der Waals surface area (Å²) in [6.45, 7) is 6.81. The number of hydrogen-bond acceptors (Lipinski definition) is 2. The smallest absolute Gasteiger partial charge is 0.0294 e. The van der Waals surface area contributed by atoms with E-state index in [1.54, 1.807) is 0 Å². The summed E-state index contributed by atoms with van der Waals surface area (Å²) < 4.78 is 0. The van der Waals surface area contributed by atoms with Crippen molar-refractivity contribution in [3.05, 3.63) is 35.4 Å². The lowest BCUT2D eigenvalue weighted by Gasteiger charge is -2.20. The molecule has 1 saturated heterocycles. The Balaban J connectivity index is 1.95. The first kappa shape index (κ1) is 11.6.